The Labute approximate surface area is 121 Å². The van der Waals surface area contributed by atoms with Crippen LogP contribution in [0.4, 0.5) is 0 Å². The van der Waals surface area contributed by atoms with Crippen LogP contribution in [0.1, 0.15) is 47.5 Å². The number of likely N-dealkylation sites (tertiary alicyclic amines) is 1. The van der Waals surface area contributed by atoms with Crippen molar-refractivity contribution in [2.45, 2.75) is 47.5 Å². The molecule has 3 nitrogen and oxygen atoms in total. The van der Waals surface area contributed by atoms with E-state index in [1.165, 1.54) is 65.2 Å². The van der Waals surface area contributed by atoms with E-state index in [1.807, 2.05) is 13.8 Å². The molecule has 2 rings (SSSR count). The number of nitrogens with zero attached hydrogens (tertiary/aromatic N) is 2. The van der Waals surface area contributed by atoms with Gasteiger partial charge < -0.3 is 15.1 Å². The van der Waals surface area contributed by atoms with Crippen molar-refractivity contribution < 1.29 is 0 Å². The zero-order valence-electron chi connectivity index (χ0n) is 14.0. The molecular formula is C16H37N3. The zero-order chi connectivity index (χ0) is 14.5. The SMILES string of the molecule is CC.CC(C)CN1CCNCC1.CCN1CCCC1. The molecule has 0 amide bonds. The van der Waals surface area contributed by atoms with E-state index in [2.05, 4.69) is 35.9 Å². The molecule has 0 atom stereocenters. The van der Waals surface area contributed by atoms with Gasteiger partial charge >= 0.3 is 0 Å². The number of nitrogens with one attached hydrogen (secondary N) is 1. The van der Waals surface area contributed by atoms with Crippen molar-refractivity contribution in [3.8, 4) is 0 Å². The average molecular weight is 271 g/mol. The lowest BCUT2D eigenvalue weighted by atomic mass is 10.2. The smallest absolute Gasteiger partial charge is 0.0107 e. The summed E-state index contributed by atoms with van der Waals surface area (Å²) in [7, 11) is 0. The summed E-state index contributed by atoms with van der Waals surface area (Å²) in [5.41, 5.74) is 0. The van der Waals surface area contributed by atoms with Gasteiger partial charge in [-0.05, 0) is 38.4 Å². The minimum atomic E-state index is 0.818. The first-order valence-electron chi connectivity index (χ1n) is 8.37. The summed E-state index contributed by atoms with van der Waals surface area (Å²) in [5.74, 6) is 0.818. The molecule has 0 aromatic rings. The molecule has 19 heavy (non-hydrogen) atoms. The van der Waals surface area contributed by atoms with Crippen LogP contribution in [0, 0.1) is 5.92 Å². The fraction of sp³-hybridized carbons (Fsp3) is 1.00. The molecule has 2 fully saturated rings. The molecule has 2 saturated heterocycles. The van der Waals surface area contributed by atoms with E-state index in [4.69, 9.17) is 0 Å². The number of hydrogen-bond acceptors (Lipinski definition) is 3. The Morgan fingerprint density at radius 3 is 1.79 bits per heavy atom. The van der Waals surface area contributed by atoms with E-state index in [1.54, 1.807) is 0 Å². The molecule has 0 aliphatic carbocycles. The lowest BCUT2D eigenvalue weighted by molar-refractivity contribution is 0.217. The van der Waals surface area contributed by atoms with Crippen molar-refractivity contribution in [1.82, 2.24) is 15.1 Å². The Morgan fingerprint density at radius 2 is 1.42 bits per heavy atom. The molecule has 2 aliphatic rings. The van der Waals surface area contributed by atoms with Crippen LogP contribution in [0.3, 0.4) is 0 Å². The summed E-state index contributed by atoms with van der Waals surface area (Å²) in [6, 6.07) is 0. The summed E-state index contributed by atoms with van der Waals surface area (Å²) in [4.78, 5) is 5.02. The van der Waals surface area contributed by atoms with Gasteiger partial charge in [0.05, 0.1) is 0 Å². The predicted octanol–water partition coefficient (Wildman–Crippen LogP) is 2.68. The van der Waals surface area contributed by atoms with E-state index in [0.29, 0.717) is 0 Å². The first-order chi connectivity index (χ1) is 9.22. The van der Waals surface area contributed by atoms with Gasteiger partial charge in [-0.3, -0.25) is 0 Å². The molecule has 0 aromatic heterocycles. The first-order valence-corrected chi connectivity index (χ1v) is 8.37. The molecule has 0 unspecified atom stereocenters. The average Bonchev–Trinajstić information content (AvgIpc) is 2.95. The van der Waals surface area contributed by atoms with Crippen LogP contribution in [0.2, 0.25) is 0 Å². The third-order valence-corrected chi connectivity index (χ3v) is 3.48. The Morgan fingerprint density at radius 1 is 0.895 bits per heavy atom. The van der Waals surface area contributed by atoms with Gasteiger partial charge in [0.1, 0.15) is 0 Å². The maximum absolute atomic E-state index is 3.35. The standard InChI is InChI=1S/C8H18N2.C6H13N.C2H6/c1-8(2)7-10-5-3-9-4-6-10;1-2-7-5-3-4-6-7;1-2/h8-9H,3-7H2,1-2H3;2-6H2,1H3;1-2H3. The number of hydrogen-bond donors (Lipinski definition) is 1. The maximum Gasteiger partial charge on any atom is 0.0107 e. The van der Waals surface area contributed by atoms with Gasteiger partial charge in [0.15, 0.2) is 0 Å². The van der Waals surface area contributed by atoms with Crippen LogP contribution in [0.25, 0.3) is 0 Å². The molecule has 0 radical (unpaired) electrons. The number of piperazine rings is 1. The van der Waals surface area contributed by atoms with Crippen molar-refractivity contribution in [1.29, 1.82) is 0 Å². The largest absolute Gasteiger partial charge is 0.314 e. The van der Waals surface area contributed by atoms with Crippen LogP contribution >= 0.6 is 0 Å². The predicted molar refractivity (Wildman–Crippen MR) is 86.8 cm³/mol. The summed E-state index contributed by atoms with van der Waals surface area (Å²) >= 11 is 0. The second kappa shape index (κ2) is 12.9. The first kappa shape index (κ1) is 18.9. The third kappa shape index (κ3) is 10.3. The quantitative estimate of drug-likeness (QED) is 0.851. The van der Waals surface area contributed by atoms with Gasteiger partial charge in [0.25, 0.3) is 0 Å². The van der Waals surface area contributed by atoms with Gasteiger partial charge in [0.2, 0.25) is 0 Å². The Bertz CT molecular complexity index is 171. The summed E-state index contributed by atoms with van der Waals surface area (Å²) in [6.45, 7) is 20.8. The van der Waals surface area contributed by atoms with Crippen molar-refractivity contribution in [2.75, 3.05) is 52.4 Å². The zero-order valence-corrected chi connectivity index (χ0v) is 14.0. The van der Waals surface area contributed by atoms with Gasteiger partial charge in [-0.2, -0.15) is 0 Å². The van der Waals surface area contributed by atoms with Crippen LogP contribution in [0.15, 0.2) is 0 Å². The van der Waals surface area contributed by atoms with Gasteiger partial charge in [0, 0.05) is 32.7 Å². The monoisotopic (exact) mass is 271 g/mol. The molecule has 0 bridgehead atoms. The topological polar surface area (TPSA) is 18.5 Å². The molecule has 2 heterocycles. The van der Waals surface area contributed by atoms with E-state index in [9.17, 15) is 0 Å². The minimum Gasteiger partial charge on any atom is -0.314 e. The second-order valence-electron chi connectivity index (χ2n) is 5.59. The molecule has 2 aliphatic heterocycles. The molecule has 1 N–H and O–H groups in total. The van der Waals surface area contributed by atoms with Crippen LogP contribution in [-0.2, 0) is 0 Å². The molecule has 3 heteroatoms. The van der Waals surface area contributed by atoms with Crippen LogP contribution in [0.5, 0.6) is 0 Å². The molecule has 116 valence electrons. The van der Waals surface area contributed by atoms with E-state index in [-0.39, 0.29) is 0 Å². The highest BCUT2D eigenvalue weighted by atomic mass is 15.2. The van der Waals surface area contributed by atoms with Gasteiger partial charge in [-0.25, -0.2) is 0 Å². The van der Waals surface area contributed by atoms with Crippen molar-refractivity contribution >= 4 is 0 Å². The fourth-order valence-electron chi connectivity index (χ4n) is 2.51. The Balaban J connectivity index is 0.000000316. The highest BCUT2D eigenvalue weighted by Gasteiger charge is 2.09. The summed E-state index contributed by atoms with van der Waals surface area (Å²) < 4.78 is 0. The van der Waals surface area contributed by atoms with E-state index < -0.39 is 0 Å². The van der Waals surface area contributed by atoms with Gasteiger partial charge in [-0.1, -0.05) is 34.6 Å². The van der Waals surface area contributed by atoms with E-state index in [0.717, 1.165) is 5.92 Å². The highest BCUT2D eigenvalue weighted by molar-refractivity contribution is 4.68. The van der Waals surface area contributed by atoms with Crippen LogP contribution < -0.4 is 5.32 Å². The molecular weight excluding hydrogens is 234 g/mol. The normalized spacial score (nSPS) is 20.5. The van der Waals surface area contributed by atoms with Gasteiger partial charge in [-0.15, -0.1) is 0 Å². The number of rotatable bonds is 3. The third-order valence-electron chi connectivity index (χ3n) is 3.48. The molecule has 0 saturated carbocycles. The molecule has 0 aromatic carbocycles. The highest BCUT2D eigenvalue weighted by Crippen LogP contribution is 2.04. The van der Waals surface area contributed by atoms with Crippen molar-refractivity contribution in [2.24, 2.45) is 5.92 Å². The second-order valence-corrected chi connectivity index (χ2v) is 5.59. The van der Waals surface area contributed by atoms with Crippen molar-refractivity contribution in [3.05, 3.63) is 0 Å². The Kier molecular flexibility index (Phi) is 12.8. The van der Waals surface area contributed by atoms with Crippen molar-refractivity contribution in [3.63, 3.8) is 0 Å². The fourth-order valence-corrected chi connectivity index (χ4v) is 2.51. The lowest BCUT2D eigenvalue weighted by Crippen LogP contribution is -2.44. The van der Waals surface area contributed by atoms with Crippen LogP contribution in [-0.4, -0.2) is 62.2 Å². The summed E-state index contributed by atoms with van der Waals surface area (Å²) in [5, 5.41) is 3.35. The van der Waals surface area contributed by atoms with E-state index >= 15 is 0 Å². The summed E-state index contributed by atoms with van der Waals surface area (Å²) in [6.07, 6.45) is 2.85. The maximum atomic E-state index is 3.35. The minimum absolute atomic E-state index is 0.818. The lowest BCUT2D eigenvalue weighted by Gasteiger charge is -2.28. The molecule has 0 spiro atoms. The Hall–Kier alpha value is -0.120.